The molecular formula is C12H11F3O. The lowest BCUT2D eigenvalue weighted by atomic mass is 10.0. The quantitative estimate of drug-likeness (QED) is 0.555. The predicted octanol–water partition coefficient (Wildman–Crippen LogP) is 3.85. The summed E-state index contributed by atoms with van der Waals surface area (Å²) in [6.07, 6.45) is -2.74. The van der Waals surface area contributed by atoms with Crippen LogP contribution in [0.2, 0.25) is 0 Å². The Morgan fingerprint density at radius 2 is 1.69 bits per heavy atom. The van der Waals surface area contributed by atoms with E-state index < -0.39 is 11.7 Å². The highest BCUT2D eigenvalue weighted by Crippen LogP contribution is 2.29. The van der Waals surface area contributed by atoms with Gasteiger partial charge in [0.15, 0.2) is 5.78 Å². The van der Waals surface area contributed by atoms with Gasteiger partial charge in [-0.05, 0) is 31.6 Å². The van der Waals surface area contributed by atoms with E-state index in [9.17, 15) is 18.0 Å². The van der Waals surface area contributed by atoms with E-state index in [2.05, 4.69) is 0 Å². The third-order valence-corrected chi connectivity index (χ3v) is 2.27. The van der Waals surface area contributed by atoms with Crippen molar-refractivity contribution in [1.29, 1.82) is 0 Å². The van der Waals surface area contributed by atoms with Crippen molar-refractivity contribution in [1.82, 2.24) is 0 Å². The fourth-order valence-corrected chi connectivity index (χ4v) is 1.17. The predicted molar refractivity (Wildman–Crippen MR) is 55.2 cm³/mol. The molecule has 0 aliphatic heterocycles. The minimum Gasteiger partial charge on any atom is -0.289 e. The van der Waals surface area contributed by atoms with Crippen LogP contribution in [0.4, 0.5) is 13.2 Å². The summed E-state index contributed by atoms with van der Waals surface area (Å²) in [5, 5.41) is 0. The summed E-state index contributed by atoms with van der Waals surface area (Å²) in [4.78, 5) is 11.6. The highest BCUT2D eigenvalue weighted by atomic mass is 19.4. The number of ketones is 1. The maximum absolute atomic E-state index is 12.2. The van der Waals surface area contributed by atoms with E-state index in [4.69, 9.17) is 0 Å². The van der Waals surface area contributed by atoms with Crippen LogP contribution >= 0.6 is 0 Å². The summed E-state index contributed by atoms with van der Waals surface area (Å²) in [6.45, 7) is 3.33. The average Bonchev–Trinajstić information content (AvgIpc) is 2.26. The first-order valence-corrected chi connectivity index (χ1v) is 4.71. The van der Waals surface area contributed by atoms with Gasteiger partial charge in [0.1, 0.15) is 0 Å². The fraction of sp³-hybridized carbons (Fsp3) is 0.250. The van der Waals surface area contributed by atoms with Crippen molar-refractivity contribution < 1.29 is 18.0 Å². The first-order chi connectivity index (χ1) is 7.36. The van der Waals surface area contributed by atoms with E-state index >= 15 is 0 Å². The van der Waals surface area contributed by atoms with Crippen LogP contribution in [0.25, 0.3) is 0 Å². The maximum atomic E-state index is 12.2. The standard InChI is InChI=1S/C12H11F3O/c1-3-8(2)11(16)9-4-6-10(7-5-9)12(13,14)15/h3-7H,1-2H3/b8-3+. The molecule has 0 bridgehead atoms. The summed E-state index contributed by atoms with van der Waals surface area (Å²) >= 11 is 0. The summed E-state index contributed by atoms with van der Waals surface area (Å²) in [7, 11) is 0. The van der Waals surface area contributed by atoms with Crippen LogP contribution in [0.5, 0.6) is 0 Å². The minimum absolute atomic E-state index is 0.253. The molecule has 0 aliphatic carbocycles. The highest BCUT2D eigenvalue weighted by molar-refractivity contribution is 6.08. The molecule has 1 nitrogen and oxygen atoms in total. The smallest absolute Gasteiger partial charge is 0.289 e. The second-order valence-corrected chi connectivity index (χ2v) is 3.38. The maximum Gasteiger partial charge on any atom is 0.416 e. The summed E-state index contributed by atoms with van der Waals surface area (Å²) in [5.74, 6) is -0.253. The third kappa shape index (κ3) is 2.72. The van der Waals surface area contributed by atoms with E-state index in [1.807, 2.05) is 0 Å². The molecule has 0 aliphatic rings. The van der Waals surface area contributed by atoms with Gasteiger partial charge in [0, 0.05) is 5.56 Å². The number of carbonyl (C=O) groups excluding carboxylic acids is 1. The number of allylic oxidation sites excluding steroid dienone is 2. The molecule has 0 unspecified atom stereocenters. The van der Waals surface area contributed by atoms with E-state index in [0.717, 1.165) is 12.1 Å². The molecule has 0 N–H and O–H groups in total. The Hall–Kier alpha value is -1.58. The SMILES string of the molecule is C/C=C(\C)C(=O)c1ccc(C(F)(F)F)cc1. The average molecular weight is 228 g/mol. The Balaban J connectivity index is 3.01. The number of alkyl halides is 3. The lowest BCUT2D eigenvalue weighted by molar-refractivity contribution is -0.137. The normalized spacial score (nSPS) is 12.7. The van der Waals surface area contributed by atoms with Crippen molar-refractivity contribution in [2.24, 2.45) is 0 Å². The lowest BCUT2D eigenvalue weighted by Crippen LogP contribution is -2.06. The van der Waals surface area contributed by atoms with E-state index in [-0.39, 0.29) is 11.3 Å². The van der Waals surface area contributed by atoms with Gasteiger partial charge in [0.2, 0.25) is 0 Å². The van der Waals surface area contributed by atoms with Gasteiger partial charge in [0.25, 0.3) is 0 Å². The van der Waals surface area contributed by atoms with Gasteiger partial charge in [-0.2, -0.15) is 13.2 Å². The molecule has 0 spiro atoms. The number of halogens is 3. The van der Waals surface area contributed by atoms with Crippen LogP contribution < -0.4 is 0 Å². The first-order valence-electron chi connectivity index (χ1n) is 4.71. The van der Waals surface area contributed by atoms with Crippen molar-refractivity contribution in [3.8, 4) is 0 Å². The van der Waals surface area contributed by atoms with Crippen molar-refractivity contribution in [3.05, 3.63) is 47.0 Å². The molecule has 0 heterocycles. The van der Waals surface area contributed by atoms with Crippen molar-refractivity contribution >= 4 is 5.78 Å². The van der Waals surface area contributed by atoms with Crippen molar-refractivity contribution in [2.75, 3.05) is 0 Å². The minimum atomic E-state index is -4.36. The zero-order chi connectivity index (χ0) is 12.3. The second kappa shape index (κ2) is 4.51. The zero-order valence-corrected chi connectivity index (χ0v) is 8.93. The number of hydrogen-bond donors (Lipinski definition) is 0. The molecule has 1 aromatic rings. The monoisotopic (exact) mass is 228 g/mol. The molecule has 16 heavy (non-hydrogen) atoms. The molecule has 86 valence electrons. The van der Waals surface area contributed by atoms with E-state index in [1.54, 1.807) is 19.9 Å². The summed E-state index contributed by atoms with van der Waals surface area (Å²) in [6, 6.07) is 4.21. The van der Waals surface area contributed by atoms with Crippen LogP contribution in [-0.2, 0) is 6.18 Å². The Kier molecular flexibility index (Phi) is 3.52. The highest BCUT2D eigenvalue weighted by Gasteiger charge is 2.30. The number of benzene rings is 1. The molecule has 1 aromatic carbocycles. The van der Waals surface area contributed by atoms with Gasteiger partial charge in [-0.15, -0.1) is 0 Å². The van der Waals surface area contributed by atoms with E-state index in [0.29, 0.717) is 5.57 Å². The molecule has 0 radical (unpaired) electrons. The zero-order valence-electron chi connectivity index (χ0n) is 8.93. The van der Waals surface area contributed by atoms with Gasteiger partial charge < -0.3 is 0 Å². The topological polar surface area (TPSA) is 17.1 Å². The Labute approximate surface area is 91.6 Å². The van der Waals surface area contributed by atoms with Crippen molar-refractivity contribution in [2.45, 2.75) is 20.0 Å². The molecule has 0 atom stereocenters. The molecule has 0 aromatic heterocycles. The van der Waals surface area contributed by atoms with Gasteiger partial charge in [0.05, 0.1) is 5.56 Å². The Morgan fingerprint density at radius 1 is 1.19 bits per heavy atom. The molecule has 0 saturated heterocycles. The largest absolute Gasteiger partial charge is 0.416 e. The lowest BCUT2D eigenvalue weighted by Gasteiger charge is -2.07. The van der Waals surface area contributed by atoms with Gasteiger partial charge in [-0.1, -0.05) is 18.2 Å². The molecular weight excluding hydrogens is 217 g/mol. The van der Waals surface area contributed by atoms with Crippen LogP contribution in [-0.4, -0.2) is 5.78 Å². The number of rotatable bonds is 2. The molecule has 4 heteroatoms. The Morgan fingerprint density at radius 3 is 2.06 bits per heavy atom. The van der Waals surface area contributed by atoms with Crippen LogP contribution in [0.1, 0.15) is 29.8 Å². The van der Waals surface area contributed by atoms with E-state index in [1.165, 1.54) is 12.1 Å². The third-order valence-electron chi connectivity index (χ3n) is 2.27. The van der Waals surface area contributed by atoms with Crippen LogP contribution in [0.3, 0.4) is 0 Å². The molecule has 0 saturated carbocycles. The van der Waals surface area contributed by atoms with Crippen LogP contribution in [0, 0.1) is 0 Å². The Bertz CT molecular complexity index is 413. The molecule has 0 amide bonds. The number of carbonyl (C=O) groups is 1. The number of hydrogen-bond acceptors (Lipinski definition) is 1. The molecule has 1 rings (SSSR count). The summed E-state index contributed by atoms with van der Waals surface area (Å²) < 4.78 is 36.7. The summed E-state index contributed by atoms with van der Waals surface area (Å²) in [5.41, 5.74) is 0.0329. The molecule has 0 fully saturated rings. The van der Waals surface area contributed by atoms with Crippen LogP contribution in [0.15, 0.2) is 35.9 Å². The van der Waals surface area contributed by atoms with Gasteiger partial charge in [-0.3, -0.25) is 4.79 Å². The number of Topliss-reactive ketones (excluding diaryl/α,β-unsaturated/α-hetero) is 1. The first kappa shape index (κ1) is 12.5. The van der Waals surface area contributed by atoms with Gasteiger partial charge in [-0.25, -0.2) is 0 Å². The van der Waals surface area contributed by atoms with Gasteiger partial charge >= 0.3 is 6.18 Å². The van der Waals surface area contributed by atoms with Crippen molar-refractivity contribution in [3.63, 3.8) is 0 Å². The fourth-order valence-electron chi connectivity index (χ4n) is 1.17. The second-order valence-electron chi connectivity index (χ2n) is 3.38.